The van der Waals surface area contributed by atoms with Gasteiger partial charge in [-0.2, -0.15) is 0 Å². The lowest BCUT2D eigenvalue weighted by molar-refractivity contribution is 0.577. The van der Waals surface area contributed by atoms with Crippen LogP contribution < -0.4 is 5.32 Å². The Morgan fingerprint density at radius 1 is 1.19 bits per heavy atom. The maximum absolute atomic E-state index is 4.60. The molecule has 3 aromatic rings. The summed E-state index contributed by atoms with van der Waals surface area (Å²) in [7, 11) is 0. The molecule has 108 valence electrons. The third kappa shape index (κ3) is 2.96. The van der Waals surface area contributed by atoms with Gasteiger partial charge in [0.2, 0.25) is 0 Å². The smallest absolute Gasteiger partial charge is 0.125 e. The van der Waals surface area contributed by atoms with Crippen LogP contribution in [-0.4, -0.2) is 16.5 Å². The van der Waals surface area contributed by atoms with Gasteiger partial charge in [0, 0.05) is 40.5 Å². The van der Waals surface area contributed by atoms with E-state index in [1.807, 2.05) is 24.7 Å². The van der Waals surface area contributed by atoms with Crippen LogP contribution in [0.4, 0.5) is 0 Å². The molecule has 0 aliphatic rings. The molecule has 3 rings (SSSR count). The number of rotatable bonds is 5. The molecular weight excluding hydrogens is 278 g/mol. The molecule has 4 heteroatoms. The van der Waals surface area contributed by atoms with Crippen LogP contribution in [0.1, 0.15) is 31.2 Å². The van der Waals surface area contributed by atoms with Gasteiger partial charge < -0.3 is 5.32 Å². The number of pyridine rings is 1. The second-order valence-electron chi connectivity index (χ2n) is 5.15. The van der Waals surface area contributed by atoms with E-state index in [0.717, 1.165) is 28.9 Å². The fourth-order valence-corrected chi connectivity index (χ4v) is 3.33. The average Bonchev–Trinajstić information content (AvgIpc) is 3.02. The Bertz CT molecular complexity index is 730. The number of fused-ring (bicyclic) bond motifs is 1. The van der Waals surface area contributed by atoms with E-state index in [1.54, 1.807) is 11.3 Å². The molecule has 0 saturated heterocycles. The molecule has 21 heavy (non-hydrogen) atoms. The van der Waals surface area contributed by atoms with Crippen LogP contribution in [0, 0.1) is 0 Å². The van der Waals surface area contributed by atoms with Crippen molar-refractivity contribution < 1.29 is 0 Å². The van der Waals surface area contributed by atoms with Crippen LogP contribution >= 0.6 is 11.3 Å². The van der Waals surface area contributed by atoms with E-state index in [2.05, 4.69) is 47.3 Å². The maximum Gasteiger partial charge on any atom is 0.125 e. The van der Waals surface area contributed by atoms with Crippen molar-refractivity contribution in [2.45, 2.75) is 26.3 Å². The zero-order valence-electron chi connectivity index (χ0n) is 12.3. The summed E-state index contributed by atoms with van der Waals surface area (Å²) in [5.74, 6) is 0. The second-order valence-corrected chi connectivity index (χ2v) is 6.21. The molecule has 1 N–H and O–H groups in total. The highest BCUT2D eigenvalue weighted by Gasteiger charge is 2.12. The second kappa shape index (κ2) is 6.33. The largest absolute Gasteiger partial charge is 0.309 e. The number of nitrogens with one attached hydrogen (secondary N) is 1. The zero-order chi connectivity index (χ0) is 14.7. The zero-order valence-corrected chi connectivity index (χ0v) is 13.2. The Kier molecular flexibility index (Phi) is 4.27. The fraction of sp³-hybridized carbons (Fsp3) is 0.294. The van der Waals surface area contributed by atoms with Crippen LogP contribution in [0.25, 0.3) is 21.3 Å². The highest BCUT2D eigenvalue weighted by molar-refractivity contribution is 7.15. The topological polar surface area (TPSA) is 37.8 Å². The van der Waals surface area contributed by atoms with Crippen molar-refractivity contribution in [1.82, 2.24) is 15.3 Å². The highest BCUT2D eigenvalue weighted by atomic mass is 32.1. The molecule has 0 amide bonds. The van der Waals surface area contributed by atoms with Gasteiger partial charge in [0.15, 0.2) is 0 Å². The first kappa shape index (κ1) is 14.2. The van der Waals surface area contributed by atoms with Crippen molar-refractivity contribution in [3.63, 3.8) is 0 Å². The van der Waals surface area contributed by atoms with E-state index in [4.69, 9.17) is 0 Å². The maximum atomic E-state index is 4.60. The third-order valence-corrected chi connectivity index (χ3v) is 4.76. The number of hydrogen-bond acceptors (Lipinski definition) is 4. The lowest BCUT2D eigenvalue weighted by atomic mass is 10.1. The van der Waals surface area contributed by atoms with E-state index in [1.165, 1.54) is 10.3 Å². The minimum atomic E-state index is 0.346. The molecule has 0 aliphatic carbocycles. The Balaban J connectivity index is 1.95. The summed E-state index contributed by atoms with van der Waals surface area (Å²) >= 11 is 1.75. The van der Waals surface area contributed by atoms with E-state index in [9.17, 15) is 0 Å². The average molecular weight is 297 g/mol. The Labute approximate surface area is 129 Å². The molecule has 2 heterocycles. The molecule has 1 atom stereocenters. The van der Waals surface area contributed by atoms with Gasteiger partial charge in [-0.3, -0.25) is 4.98 Å². The lowest BCUT2D eigenvalue weighted by Gasteiger charge is -2.09. The van der Waals surface area contributed by atoms with Crippen LogP contribution in [-0.2, 0) is 0 Å². The summed E-state index contributed by atoms with van der Waals surface area (Å²) in [6.07, 6.45) is 6.94. The lowest BCUT2D eigenvalue weighted by Crippen LogP contribution is -2.18. The van der Waals surface area contributed by atoms with Gasteiger partial charge in [-0.1, -0.05) is 31.2 Å². The number of benzene rings is 1. The summed E-state index contributed by atoms with van der Waals surface area (Å²) in [6, 6.07) is 8.67. The van der Waals surface area contributed by atoms with Crippen LogP contribution in [0.2, 0.25) is 0 Å². The molecular formula is C17H19N3S. The number of hydrogen-bond donors (Lipinski definition) is 1. The number of aromatic nitrogens is 2. The van der Waals surface area contributed by atoms with E-state index in [0.29, 0.717) is 6.04 Å². The number of nitrogens with zero attached hydrogens (tertiary/aromatic N) is 2. The standard InChI is InChI=1S/C17H19N3S/c1-3-8-19-12(2)16-11-20-17(21-16)15-10-18-9-13-6-4-5-7-14(13)15/h4-7,9-12,19H,3,8H2,1-2H3. The van der Waals surface area contributed by atoms with E-state index < -0.39 is 0 Å². The van der Waals surface area contributed by atoms with Crippen LogP contribution in [0.15, 0.2) is 42.9 Å². The molecule has 1 aromatic carbocycles. The van der Waals surface area contributed by atoms with Crippen molar-refractivity contribution in [2.75, 3.05) is 6.54 Å². The molecule has 0 bridgehead atoms. The van der Waals surface area contributed by atoms with Crippen molar-refractivity contribution in [1.29, 1.82) is 0 Å². The predicted molar refractivity (Wildman–Crippen MR) is 89.6 cm³/mol. The van der Waals surface area contributed by atoms with Gasteiger partial charge in [-0.15, -0.1) is 11.3 Å². The van der Waals surface area contributed by atoms with Gasteiger partial charge in [0.1, 0.15) is 5.01 Å². The first-order valence-electron chi connectivity index (χ1n) is 7.32. The van der Waals surface area contributed by atoms with E-state index in [-0.39, 0.29) is 0 Å². The van der Waals surface area contributed by atoms with Gasteiger partial charge in [-0.25, -0.2) is 4.98 Å². The van der Waals surface area contributed by atoms with Gasteiger partial charge in [0.05, 0.1) is 0 Å². The minimum Gasteiger partial charge on any atom is -0.309 e. The van der Waals surface area contributed by atoms with Crippen molar-refractivity contribution in [3.8, 4) is 10.6 Å². The molecule has 0 fully saturated rings. The molecule has 0 spiro atoms. The minimum absolute atomic E-state index is 0.346. The van der Waals surface area contributed by atoms with Gasteiger partial charge in [0.25, 0.3) is 0 Å². The molecule has 0 saturated carbocycles. The molecule has 1 unspecified atom stereocenters. The molecule has 0 radical (unpaired) electrons. The Morgan fingerprint density at radius 2 is 2.05 bits per heavy atom. The van der Waals surface area contributed by atoms with Crippen LogP contribution in [0.5, 0.6) is 0 Å². The fourth-order valence-electron chi connectivity index (χ4n) is 2.36. The summed E-state index contributed by atoms with van der Waals surface area (Å²) < 4.78 is 0. The quantitative estimate of drug-likeness (QED) is 0.757. The highest BCUT2D eigenvalue weighted by Crippen LogP contribution is 2.32. The van der Waals surface area contributed by atoms with Gasteiger partial charge in [-0.05, 0) is 25.3 Å². The Morgan fingerprint density at radius 3 is 2.90 bits per heavy atom. The summed E-state index contributed by atoms with van der Waals surface area (Å²) in [6.45, 7) is 5.40. The Hall–Kier alpha value is -1.78. The monoisotopic (exact) mass is 297 g/mol. The van der Waals surface area contributed by atoms with Crippen molar-refractivity contribution >= 4 is 22.1 Å². The van der Waals surface area contributed by atoms with Crippen molar-refractivity contribution in [2.24, 2.45) is 0 Å². The molecule has 2 aromatic heterocycles. The normalized spacial score (nSPS) is 12.7. The van der Waals surface area contributed by atoms with Crippen molar-refractivity contribution in [3.05, 3.63) is 47.7 Å². The summed E-state index contributed by atoms with van der Waals surface area (Å²) in [4.78, 5) is 10.2. The summed E-state index contributed by atoms with van der Waals surface area (Å²) in [5.41, 5.74) is 1.12. The molecule has 3 nitrogen and oxygen atoms in total. The van der Waals surface area contributed by atoms with E-state index >= 15 is 0 Å². The van der Waals surface area contributed by atoms with Gasteiger partial charge >= 0.3 is 0 Å². The number of thiazole rings is 1. The SMILES string of the molecule is CCCNC(C)c1cnc(-c2cncc3ccccc23)s1. The third-order valence-electron chi connectivity index (χ3n) is 3.55. The summed E-state index contributed by atoms with van der Waals surface area (Å²) in [5, 5.41) is 6.91. The predicted octanol–water partition coefficient (Wildman–Crippen LogP) is 4.42. The molecule has 0 aliphatic heterocycles. The first-order valence-corrected chi connectivity index (χ1v) is 8.13. The van der Waals surface area contributed by atoms with Crippen LogP contribution in [0.3, 0.4) is 0 Å². The first-order chi connectivity index (χ1) is 10.3.